The monoisotopic (exact) mass is 367 g/mol. The highest BCUT2D eigenvalue weighted by Crippen LogP contribution is 2.28. The van der Waals surface area contributed by atoms with Crippen LogP contribution in [0.2, 0.25) is 0 Å². The van der Waals surface area contributed by atoms with Gasteiger partial charge in [0.15, 0.2) is 9.84 Å². The molecule has 0 spiro atoms. The van der Waals surface area contributed by atoms with Crippen LogP contribution in [-0.2, 0) is 21.1 Å². The Balaban J connectivity index is 2.15. The van der Waals surface area contributed by atoms with Crippen molar-refractivity contribution >= 4 is 27.1 Å². The van der Waals surface area contributed by atoms with Crippen molar-refractivity contribution in [2.24, 2.45) is 0 Å². The maximum absolute atomic E-state index is 11.9. The van der Waals surface area contributed by atoms with Gasteiger partial charge in [-0.05, 0) is 54.8 Å². The number of nitrogens with one attached hydrogen (secondary N) is 1. The minimum absolute atomic E-state index is 0.0929. The zero-order valence-electron chi connectivity index (χ0n) is 13.9. The molecule has 0 aliphatic rings. The van der Waals surface area contributed by atoms with Crippen molar-refractivity contribution in [3.63, 3.8) is 0 Å². The van der Waals surface area contributed by atoms with Crippen molar-refractivity contribution in [3.8, 4) is 10.4 Å². The molecule has 2 aromatic rings. The van der Waals surface area contributed by atoms with Gasteiger partial charge in [0.2, 0.25) is 0 Å². The van der Waals surface area contributed by atoms with Crippen molar-refractivity contribution in [1.29, 1.82) is 0 Å². The fraction of sp³-hybridized carbons (Fsp3) is 0.353. The number of amides is 1. The Morgan fingerprint density at radius 2 is 1.92 bits per heavy atom. The number of benzene rings is 1. The number of carbonyl (C=O) groups is 1. The van der Waals surface area contributed by atoms with E-state index in [-0.39, 0.29) is 6.42 Å². The van der Waals surface area contributed by atoms with Crippen molar-refractivity contribution in [2.75, 3.05) is 6.26 Å². The van der Waals surface area contributed by atoms with Crippen LogP contribution in [-0.4, -0.2) is 30.5 Å². The number of aryl methyl sites for hydroxylation is 2. The second-order valence-corrected chi connectivity index (χ2v) is 9.49. The van der Waals surface area contributed by atoms with Gasteiger partial charge in [0.25, 0.3) is 5.91 Å². The van der Waals surface area contributed by atoms with E-state index in [0.29, 0.717) is 6.42 Å². The van der Waals surface area contributed by atoms with Crippen molar-refractivity contribution in [1.82, 2.24) is 5.48 Å². The Hall–Kier alpha value is -1.70. The van der Waals surface area contributed by atoms with Crippen LogP contribution in [0.25, 0.3) is 10.4 Å². The van der Waals surface area contributed by atoms with Gasteiger partial charge in [-0.25, -0.2) is 13.9 Å². The quantitative estimate of drug-likeness (QED) is 0.607. The van der Waals surface area contributed by atoms with Gasteiger partial charge in [-0.2, -0.15) is 0 Å². The van der Waals surface area contributed by atoms with E-state index in [9.17, 15) is 13.2 Å². The number of thiophene rings is 1. The standard InChI is InChI=1S/C17H21NO4S2/c1-12-10-15(23-11-12)14-6-4-13(5-7-14)8-9-17(2,16(19)18-20)24(3,21)22/h4-7,10-11,20H,8-9H2,1-3H3,(H,18,19). The van der Waals surface area contributed by atoms with Crippen molar-refractivity contribution in [2.45, 2.75) is 31.4 Å². The third-order valence-corrected chi connectivity index (χ3v) is 7.38. The number of hydrogen-bond donors (Lipinski definition) is 2. The molecule has 2 N–H and O–H groups in total. The molecule has 0 aliphatic carbocycles. The summed E-state index contributed by atoms with van der Waals surface area (Å²) in [6, 6.07) is 9.97. The lowest BCUT2D eigenvalue weighted by molar-refractivity contribution is -0.131. The lowest BCUT2D eigenvalue weighted by Crippen LogP contribution is -2.49. The molecule has 1 unspecified atom stereocenters. The topological polar surface area (TPSA) is 83.5 Å². The predicted molar refractivity (Wildman–Crippen MR) is 96.0 cm³/mol. The Morgan fingerprint density at radius 3 is 2.38 bits per heavy atom. The fourth-order valence-electron chi connectivity index (χ4n) is 2.39. The number of rotatable bonds is 6. The molecule has 0 fully saturated rings. The third-order valence-electron chi connectivity index (χ3n) is 4.26. The Bertz CT molecular complexity index is 825. The molecule has 0 aliphatic heterocycles. The maximum atomic E-state index is 11.9. The van der Waals surface area contributed by atoms with Crippen LogP contribution < -0.4 is 5.48 Å². The molecule has 2 rings (SSSR count). The molecule has 1 amide bonds. The van der Waals surface area contributed by atoms with Gasteiger partial charge in [0.1, 0.15) is 4.75 Å². The molecule has 0 saturated heterocycles. The molecular formula is C17H21NO4S2. The summed E-state index contributed by atoms with van der Waals surface area (Å²) in [5, 5.41) is 10.9. The second kappa shape index (κ2) is 7.04. The number of carbonyl (C=O) groups excluding carboxylic acids is 1. The minimum Gasteiger partial charge on any atom is -0.289 e. The summed E-state index contributed by atoms with van der Waals surface area (Å²) in [4.78, 5) is 13.0. The van der Waals surface area contributed by atoms with E-state index in [2.05, 4.69) is 11.4 Å². The van der Waals surface area contributed by atoms with Crippen molar-refractivity contribution < 1.29 is 18.4 Å². The molecule has 1 aromatic heterocycles. The molecule has 24 heavy (non-hydrogen) atoms. The van der Waals surface area contributed by atoms with Gasteiger partial charge >= 0.3 is 0 Å². The van der Waals surface area contributed by atoms with E-state index >= 15 is 0 Å². The van der Waals surface area contributed by atoms with Gasteiger partial charge in [-0.1, -0.05) is 24.3 Å². The van der Waals surface area contributed by atoms with Crippen molar-refractivity contribution in [3.05, 3.63) is 46.8 Å². The summed E-state index contributed by atoms with van der Waals surface area (Å²) < 4.78 is 22.2. The summed E-state index contributed by atoms with van der Waals surface area (Å²) >= 11 is 1.68. The smallest absolute Gasteiger partial charge is 0.264 e. The predicted octanol–water partition coefficient (Wildman–Crippen LogP) is 2.96. The Morgan fingerprint density at radius 1 is 1.29 bits per heavy atom. The molecule has 1 heterocycles. The molecular weight excluding hydrogens is 346 g/mol. The first-order chi connectivity index (χ1) is 11.2. The number of hydroxylamine groups is 1. The van der Waals surface area contributed by atoms with E-state index in [0.717, 1.165) is 17.4 Å². The van der Waals surface area contributed by atoms with Gasteiger partial charge < -0.3 is 0 Å². The highest BCUT2D eigenvalue weighted by Gasteiger charge is 2.43. The van der Waals surface area contributed by atoms with Crippen LogP contribution in [0.1, 0.15) is 24.5 Å². The zero-order valence-corrected chi connectivity index (χ0v) is 15.5. The fourth-order valence-corrected chi connectivity index (χ4v) is 4.15. The third kappa shape index (κ3) is 3.85. The number of hydrogen-bond acceptors (Lipinski definition) is 5. The molecule has 1 aromatic carbocycles. The maximum Gasteiger partial charge on any atom is 0.264 e. The van der Waals surface area contributed by atoms with E-state index in [1.807, 2.05) is 31.2 Å². The van der Waals surface area contributed by atoms with Crippen LogP contribution in [0.15, 0.2) is 35.7 Å². The van der Waals surface area contributed by atoms with Crippen LogP contribution in [0.3, 0.4) is 0 Å². The summed E-state index contributed by atoms with van der Waals surface area (Å²) in [5.74, 6) is -0.907. The van der Waals surface area contributed by atoms with Crippen LogP contribution in [0.5, 0.6) is 0 Å². The van der Waals surface area contributed by atoms with E-state index in [4.69, 9.17) is 5.21 Å². The van der Waals surface area contributed by atoms with Gasteiger partial charge in [-0.15, -0.1) is 11.3 Å². The Labute approximate surface area is 146 Å². The highest BCUT2D eigenvalue weighted by atomic mass is 32.2. The van der Waals surface area contributed by atoms with Crippen LogP contribution in [0, 0.1) is 6.92 Å². The molecule has 130 valence electrons. The van der Waals surface area contributed by atoms with Gasteiger partial charge in [0.05, 0.1) is 0 Å². The highest BCUT2D eigenvalue weighted by molar-refractivity contribution is 7.92. The zero-order chi connectivity index (χ0) is 18.0. The molecule has 1 atom stereocenters. The first-order valence-corrected chi connectivity index (χ1v) is 10.2. The number of sulfone groups is 1. The average Bonchev–Trinajstić information content (AvgIpc) is 2.97. The lowest BCUT2D eigenvalue weighted by atomic mass is 9.98. The first-order valence-electron chi connectivity index (χ1n) is 7.46. The SMILES string of the molecule is Cc1csc(-c2ccc(CCC(C)(C(=O)NO)S(C)(=O)=O)cc2)c1. The van der Waals surface area contributed by atoms with Gasteiger partial charge in [-0.3, -0.25) is 10.0 Å². The summed E-state index contributed by atoms with van der Waals surface area (Å²) in [7, 11) is -3.66. The van der Waals surface area contributed by atoms with E-state index in [1.165, 1.54) is 22.8 Å². The molecule has 5 nitrogen and oxygen atoms in total. The molecule has 0 saturated carbocycles. The second-order valence-electron chi connectivity index (χ2n) is 6.13. The Kier molecular flexibility index (Phi) is 5.47. The summed E-state index contributed by atoms with van der Waals surface area (Å²) in [6.07, 6.45) is 1.51. The molecule has 7 heteroatoms. The average molecular weight is 367 g/mol. The van der Waals surface area contributed by atoms with Crippen LogP contribution in [0.4, 0.5) is 0 Å². The molecule has 0 bridgehead atoms. The first kappa shape index (κ1) is 18.6. The molecule has 0 radical (unpaired) electrons. The van der Waals surface area contributed by atoms with Gasteiger partial charge in [0, 0.05) is 11.1 Å². The van der Waals surface area contributed by atoms with Crippen LogP contribution >= 0.6 is 11.3 Å². The largest absolute Gasteiger partial charge is 0.289 e. The van der Waals surface area contributed by atoms with E-state index in [1.54, 1.807) is 11.3 Å². The summed E-state index contributed by atoms with van der Waals surface area (Å²) in [6.45, 7) is 3.38. The summed E-state index contributed by atoms with van der Waals surface area (Å²) in [5.41, 5.74) is 4.73. The normalized spacial score (nSPS) is 14.2. The van der Waals surface area contributed by atoms with E-state index < -0.39 is 20.5 Å². The minimum atomic E-state index is -3.66. The lowest BCUT2D eigenvalue weighted by Gasteiger charge is -2.25.